The molecule has 0 spiro atoms. The van der Waals surface area contributed by atoms with E-state index in [1.165, 1.54) is 6.42 Å². The number of nitrogens with zero attached hydrogens (tertiary/aromatic N) is 1. The van der Waals surface area contributed by atoms with Gasteiger partial charge in [-0.25, -0.2) is 0 Å². The van der Waals surface area contributed by atoms with Crippen molar-refractivity contribution in [3.63, 3.8) is 0 Å². The Labute approximate surface area is 151 Å². The molecule has 0 saturated heterocycles. The van der Waals surface area contributed by atoms with Gasteiger partial charge in [0.25, 0.3) is 5.91 Å². The predicted octanol–water partition coefficient (Wildman–Crippen LogP) is 3.13. The van der Waals surface area contributed by atoms with Crippen LogP contribution < -0.4 is 5.32 Å². The van der Waals surface area contributed by atoms with Crippen molar-refractivity contribution in [1.29, 1.82) is 0 Å². The lowest BCUT2D eigenvalue weighted by atomic mass is 9.88. The van der Waals surface area contributed by atoms with Crippen molar-refractivity contribution < 1.29 is 19.5 Å². The first-order valence-corrected chi connectivity index (χ1v) is 8.91. The summed E-state index contributed by atoms with van der Waals surface area (Å²) in [6.07, 6.45) is 4.77. The molecule has 3 rings (SSSR count). The Morgan fingerprint density at radius 3 is 2.68 bits per heavy atom. The molecule has 0 radical (unpaired) electrons. The Balaban J connectivity index is 1.77. The van der Waals surface area contributed by atoms with Crippen LogP contribution in [0.3, 0.4) is 0 Å². The van der Waals surface area contributed by atoms with Gasteiger partial charge in [0.1, 0.15) is 0 Å². The van der Waals surface area contributed by atoms with Crippen LogP contribution in [0.2, 0.25) is 5.02 Å². The van der Waals surface area contributed by atoms with Gasteiger partial charge in [0.15, 0.2) is 0 Å². The Morgan fingerprint density at radius 2 is 2.00 bits per heavy atom. The third kappa shape index (κ3) is 3.95. The molecule has 1 aliphatic heterocycles. The van der Waals surface area contributed by atoms with Gasteiger partial charge in [-0.05, 0) is 18.9 Å². The first kappa shape index (κ1) is 17.7. The Hall–Kier alpha value is -2.08. The first-order valence-electron chi connectivity index (χ1n) is 8.53. The number of rotatable bonds is 5. The topological polar surface area (TPSA) is 88.0 Å². The summed E-state index contributed by atoms with van der Waals surface area (Å²) in [5.74, 6) is -1.51. The van der Waals surface area contributed by atoms with Gasteiger partial charge in [0.2, 0.25) is 5.60 Å². The summed E-state index contributed by atoms with van der Waals surface area (Å²) in [6.45, 7) is 0. The number of amides is 1. The number of carboxylic acids is 1. The van der Waals surface area contributed by atoms with Crippen molar-refractivity contribution in [2.24, 2.45) is 5.16 Å². The predicted molar refractivity (Wildman–Crippen MR) is 93.7 cm³/mol. The lowest BCUT2D eigenvalue weighted by Crippen LogP contribution is -2.52. The molecule has 0 bridgehead atoms. The maximum Gasteiger partial charge on any atom is 0.308 e. The van der Waals surface area contributed by atoms with E-state index in [1.54, 1.807) is 18.2 Å². The third-order valence-corrected chi connectivity index (χ3v) is 5.09. The highest BCUT2D eigenvalue weighted by Crippen LogP contribution is 2.33. The maximum atomic E-state index is 12.8. The number of hydrogen-bond acceptors (Lipinski definition) is 4. The molecule has 134 valence electrons. The van der Waals surface area contributed by atoms with E-state index >= 15 is 0 Å². The highest BCUT2D eigenvalue weighted by Gasteiger charge is 2.49. The molecule has 1 aliphatic carbocycles. The molecule has 7 heteroatoms. The molecule has 1 unspecified atom stereocenters. The second-order valence-corrected chi connectivity index (χ2v) is 7.07. The van der Waals surface area contributed by atoms with Crippen molar-refractivity contribution >= 4 is 29.2 Å². The first-order chi connectivity index (χ1) is 12.0. The van der Waals surface area contributed by atoms with E-state index in [0.29, 0.717) is 16.3 Å². The zero-order valence-corrected chi connectivity index (χ0v) is 14.6. The van der Waals surface area contributed by atoms with Crippen LogP contribution in [-0.2, 0) is 14.4 Å². The number of halogens is 1. The lowest BCUT2D eigenvalue weighted by molar-refractivity contribution is -0.156. The van der Waals surface area contributed by atoms with E-state index < -0.39 is 23.9 Å². The largest absolute Gasteiger partial charge is 0.481 e. The van der Waals surface area contributed by atoms with E-state index in [-0.39, 0.29) is 12.5 Å². The molecular weight excluding hydrogens is 344 g/mol. The summed E-state index contributed by atoms with van der Waals surface area (Å²) in [5, 5.41) is 16.7. The zero-order chi connectivity index (χ0) is 17.9. The van der Waals surface area contributed by atoms with Crippen LogP contribution in [0.4, 0.5) is 0 Å². The third-order valence-electron chi connectivity index (χ3n) is 4.76. The van der Waals surface area contributed by atoms with Gasteiger partial charge in [-0.15, -0.1) is 0 Å². The van der Waals surface area contributed by atoms with Gasteiger partial charge in [0.05, 0.1) is 12.1 Å². The van der Waals surface area contributed by atoms with Crippen LogP contribution in [0.1, 0.15) is 50.5 Å². The number of aliphatic carboxylic acids is 1. The number of benzene rings is 1. The molecular formula is C18H21ClN2O4. The average Bonchev–Trinajstić information content (AvgIpc) is 3.00. The molecule has 2 N–H and O–H groups in total. The van der Waals surface area contributed by atoms with Gasteiger partial charge < -0.3 is 15.3 Å². The summed E-state index contributed by atoms with van der Waals surface area (Å²) in [6, 6.07) is 7.17. The Morgan fingerprint density at radius 1 is 1.28 bits per heavy atom. The molecule has 1 atom stereocenters. The van der Waals surface area contributed by atoms with E-state index in [0.717, 1.165) is 25.7 Å². The fourth-order valence-electron chi connectivity index (χ4n) is 3.42. The van der Waals surface area contributed by atoms with Crippen molar-refractivity contribution in [2.45, 2.75) is 56.6 Å². The van der Waals surface area contributed by atoms with Crippen LogP contribution in [0.15, 0.2) is 29.4 Å². The molecule has 25 heavy (non-hydrogen) atoms. The van der Waals surface area contributed by atoms with Crippen molar-refractivity contribution in [1.82, 2.24) is 5.32 Å². The molecule has 1 fully saturated rings. The summed E-state index contributed by atoms with van der Waals surface area (Å²) in [4.78, 5) is 29.6. The number of carbonyl (C=O) groups excluding carboxylic acids is 1. The molecule has 2 aliphatic rings. The SMILES string of the molecule is O=C(O)CC1(C(=O)NC2CCCCC2)CC(c2ccccc2Cl)=NO1. The van der Waals surface area contributed by atoms with Gasteiger partial charge >= 0.3 is 5.97 Å². The highest BCUT2D eigenvalue weighted by molar-refractivity contribution is 6.34. The van der Waals surface area contributed by atoms with Crippen LogP contribution in [0.5, 0.6) is 0 Å². The lowest BCUT2D eigenvalue weighted by Gasteiger charge is -2.29. The smallest absolute Gasteiger partial charge is 0.308 e. The fourth-order valence-corrected chi connectivity index (χ4v) is 3.67. The van der Waals surface area contributed by atoms with Gasteiger partial charge in [-0.2, -0.15) is 0 Å². The summed E-state index contributed by atoms with van der Waals surface area (Å²) in [7, 11) is 0. The Bertz CT molecular complexity index is 700. The molecule has 6 nitrogen and oxygen atoms in total. The second-order valence-electron chi connectivity index (χ2n) is 6.66. The molecule has 1 aromatic carbocycles. The second kappa shape index (κ2) is 7.44. The van der Waals surface area contributed by atoms with Crippen molar-refractivity contribution in [3.8, 4) is 0 Å². The minimum Gasteiger partial charge on any atom is -0.481 e. The monoisotopic (exact) mass is 364 g/mol. The standard InChI is InChI=1S/C18H21ClN2O4/c19-14-9-5-4-8-13(14)15-10-18(25-21-15,11-16(22)23)17(24)20-12-6-2-1-3-7-12/h4-5,8-9,12H,1-3,6-7,10-11H2,(H,20,24)(H,22,23). The average molecular weight is 365 g/mol. The van der Waals surface area contributed by atoms with Crippen LogP contribution >= 0.6 is 11.6 Å². The minimum absolute atomic E-state index is 0.0693. The molecule has 1 amide bonds. The van der Waals surface area contributed by atoms with E-state index in [2.05, 4.69) is 10.5 Å². The number of hydrogen-bond donors (Lipinski definition) is 2. The van der Waals surface area contributed by atoms with Gasteiger partial charge in [-0.1, -0.05) is 54.2 Å². The number of carbonyl (C=O) groups is 2. The van der Waals surface area contributed by atoms with E-state index in [9.17, 15) is 14.7 Å². The Kier molecular flexibility index (Phi) is 5.27. The quantitative estimate of drug-likeness (QED) is 0.840. The van der Waals surface area contributed by atoms with Crippen LogP contribution in [-0.4, -0.2) is 34.3 Å². The fraction of sp³-hybridized carbons (Fsp3) is 0.500. The van der Waals surface area contributed by atoms with Gasteiger partial charge in [-0.3, -0.25) is 9.59 Å². The summed E-state index contributed by atoms with van der Waals surface area (Å²) < 4.78 is 0. The molecule has 1 aromatic rings. The van der Waals surface area contributed by atoms with Gasteiger partial charge in [0, 0.05) is 23.0 Å². The van der Waals surface area contributed by atoms with Crippen LogP contribution in [0, 0.1) is 0 Å². The van der Waals surface area contributed by atoms with E-state index in [4.69, 9.17) is 16.4 Å². The summed E-state index contributed by atoms with van der Waals surface area (Å²) >= 11 is 6.19. The normalized spacial score (nSPS) is 23.6. The molecule has 1 saturated carbocycles. The number of nitrogens with one attached hydrogen (secondary N) is 1. The molecule has 1 heterocycles. The minimum atomic E-state index is -1.52. The maximum absolute atomic E-state index is 12.8. The van der Waals surface area contributed by atoms with Crippen LogP contribution in [0.25, 0.3) is 0 Å². The highest BCUT2D eigenvalue weighted by atomic mass is 35.5. The van der Waals surface area contributed by atoms with E-state index in [1.807, 2.05) is 6.07 Å². The zero-order valence-electron chi connectivity index (χ0n) is 13.8. The van der Waals surface area contributed by atoms with Crippen molar-refractivity contribution in [3.05, 3.63) is 34.9 Å². The summed E-state index contributed by atoms with van der Waals surface area (Å²) in [5.41, 5.74) is -0.370. The number of oxime groups is 1. The number of carboxylic acid groups (broad SMARTS) is 1. The molecule has 0 aromatic heterocycles. The van der Waals surface area contributed by atoms with Crippen molar-refractivity contribution in [2.75, 3.05) is 0 Å².